The first-order chi connectivity index (χ1) is 11.1. The van der Waals surface area contributed by atoms with Crippen molar-refractivity contribution in [1.29, 1.82) is 0 Å². The Morgan fingerprint density at radius 1 is 1.30 bits per heavy atom. The van der Waals surface area contributed by atoms with E-state index in [0.717, 1.165) is 32.4 Å². The van der Waals surface area contributed by atoms with Crippen molar-refractivity contribution in [3.8, 4) is 0 Å². The predicted octanol–water partition coefficient (Wildman–Crippen LogP) is 0.153. The van der Waals surface area contributed by atoms with Crippen LogP contribution in [0.1, 0.15) is 36.7 Å². The van der Waals surface area contributed by atoms with Crippen LogP contribution < -0.4 is 0 Å². The van der Waals surface area contributed by atoms with Gasteiger partial charge in [-0.1, -0.05) is 5.16 Å². The number of aliphatic hydroxyl groups is 1. The predicted molar refractivity (Wildman–Crippen MR) is 79.3 cm³/mol. The van der Waals surface area contributed by atoms with E-state index in [4.69, 9.17) is 0 Å². The molecule has 1 spiro atoms. The number of aromatic nitrogens is 2. The van der Waals surface area contributed by atoms with E-state index >= 15 is 0 Å². The minimum Gasteiger partial charge on any atom is -0.396 e. The van der Waals surface area contributed by atoms with E-state index in [1.165, 1.54) is 6.20 Å². The average Bonchev–Trinajstić information content (AvgIpc) is 3.09. The monoisotopic (exact) mass is 322 g/mol. The smallest absolute Gasteiger partial charge is 0.277 e. The number of hydrogen-bond donors (Lipinski definition) is 1. The molecular weight excluding hydrogens is 300 g/mol. The van der Waals surface area contributed by atoms with Gasteiger partial charge in [-0.3, -0.25) is 9.59 Å². The number of amides is 2. The maximum Gasteiger partial charge on any atom is 0.277 e. The van der Waals surface area contributed by atoms with Gasteiger partial charge in [0, 0.05) is 45.6 Å². The van der Waals surface area contributed by atoms with Crippen molar-refractivity contribution in [2.75, 3.05) is 32.8 Å². The fourth-order valence-electron chi connectivity index (χ4n) is 3.89. The van der Waals surface area contributed by atoms with Crippen LogP contribution >= 0.6 is 0 Å². The Morgan fingerprint density at radius 3 is 2.48 bits per heavy atom. The first-order valence-electron chi connectivity index (χ1n) is 7.99. The molecule has 2 aliphatic heterocycles. The van der Waals surface area contributed by atoms with Crippen LogP contribution in [0.5, 0.6) is 0 Å². The molecule has 126 valence electrons. The summed E-state index contributed by atoms with van der Waals surface area (Å²) in [5, 5.41) is 16.9. The molecule has 2 amide bonds. The fraction of sp³-hybridized carbons (Fsp3) is 0.733. The number of carbonyl (C=O) groups excluding carboxylic acids is 2. The lowest BCUT2D eigenvalue weighted by Gasteiger charge is -2.51. The Balaban J connectivity index is 1.68. The van der Waals surface area contributed by atoms with Gasteiger partial charge in [-0.25, -0.2) is 4.63 Å². The molecule has 8 heteroatoms. The molecule has 0 bridgehead atoms. The van der Waals surface area contributed by atoms with Crippen molar-refractivity contribution in [3.63, 3.8) is 0 Å². The number of aliphatic hydroxyl groups excluding tert-OH is 1. The highest BCUT2D eigenvalue weighted by molar-refractivity contribution is 5.91. The SMILES string of the molecule is CC(=O)N1CCC2(CC1)CCN(C(=O)c1cnon1)C[C@@H]2CO. The summed E-state index contributed by atoms with van der Waals surface area (Å²) >= 11 is 0. The van der Waals surface area contributed by atoms with Crippen LogP contribution in [-0.4, -0.2) is 69.8 Å². The Morgan fingerprint density at radius 2 is 1.96 bits per heavy atom. The summed E-state index contributed by atoms with van der Waals surface area (Å²) < 4.78 is 4.49. The summed E-state index contributed by atoms with van der Waals surface area (Å²) in [6.45, 7) is 4.22. The fourth-order valence-corrected chi connectivity index (χ4v) is 3.89. The van der Waals surface area contributed by atoms with Crippen LogP contribution in [0.2, 0.25) is 0 Å². The van der Waals surface area contributed by atoms with Gasteiger partial charge in [-0.05, 0) is 29.8 Å². The van der Waals surface area contributed by atoms with E-state index in [0.29, 0.717) is 13.1 Å². The van der Waals surface area contributed by atoms with Gasteiger partial charge in [0.15, 0.2) is 5.69 Å². The normalized spacial score (nSPS) is 24.0. The highest BCUT2D eigenvalue weighted by Gasteiger charge is 2.45. The zero-order chi connectivity index (χ0) is 16.4. The lowest BCUT2D eigenvalue weighted by atomic mass is 9.64. The lowest BCUT2D eigenvalue weighted by Crippen LogP contribution is -2.55. The number of hydrogen-bond acceptors (Lipinski definition) is 6. The van der Waals surface area contributed by atoms with Gasteiger partial charge in [0.05, 0.1) is 0 Å². The second-order valence-electron chi connectivity index (χ2n) is 6.54. The zero-order valence-corrected chi connectivity index (χ0v) is 13.3. The topological polar surface area (TPSA) is 99.8 Å². The van der Waals surface area contributed by atoms with Crippen LogP contribution in [0, 0.1) is 11.3 Å². The molecule has 0 radical (unpaired) electrons. The minimum absolute atomic E-state index is 0.0134. The lowest BCUT2D eigenvalue weighted by molar-refractivity contribution is -0.133. The Bertz CT molecular complexity index is 566. The van der Waals surface area contributed by atoms with Crippen LogP contribution in [0.15, 0.2) is 10.8 Å². The van der Waals surface area contributed by atoms with Crippen LogP contribution in [0.3, 0.4) is 0 Å². The number of piperidine rings is 2. The number of nitrogens with zero attached hydrogens (tertiary/aromatic N) is 4. The third-order valence-corrected chi connectivity index (χ3v) is 5.48. The second-order valence-corrected chi connectivity index (χ2v) is 6.54. The molecule has 1 N–H and O–H groups in total. The Hall–Kier alpha value is -1.96. The highest BCUT2D eigenvalue weighted by Crippen LogP contribution is 2.45. The molecule has 0 aromatic carbocycles. The molecule has 0 unspecified atom stereocenters. The van der Waals surface area contributed by atoms with E-state index < -0.39 is 0 Å². The summed E-state index contributed by atoms with van der Waals surface area (Å²) in [6.07, 6.45) is 3.91. The first kappa shape index (κ1) is 15.9. The highest BCUT2D eigenvalue weighted by atomic mass is 16.6. The van der Waals surface area contributed by atoms with Gasteiger partial charge in [0.25, 0.3) is 5.91 Å². The van der Waals surface area contributed by atoms with Gasteiger partial charge in [0.2, 0.25) is 5.91 Å². The van der Waals surface area contributed by atoms with Crippen LogP contribution in [-0.2, 0) is 4.79 Å². The molecule has 1 atom stereocenters. The van der Waals surface area contributed by atoms with Gasteiger partial charge < -0.3 is 14.9 Å². The largest absolute Gasteiger partial charge is 0.396 e. The van der Waals surface area contributed by atoms with E-state index in [1.807, 2.05) is 4.90 Å². The first-order valence-corrected chi connectivity index (χ1v) is 7.99. The van der Waals surface area contributed by atoms with E-state index in [1.54, 1.807) is 11.8 Å². The molecular formula is C15H22N4O4. The molecule has 0 saturated carbocycles. The molecule has 3 rings (SSSR count). The van der Waals surface area contributed by atoms with Gasteiger partial charge in [-0.15, -0.1) is 0 Å². The second kappa shape index (κ2) is 6.27. The van der Waals surface area contributed by atoms with Crippen molar-refractivity contribution >= 4 is 11.8 Å². The van der Waals surface area contributed by atoms with Gasteiger partial charge in [0.1, 0.15) is 6.20 Å². The molecule has 2 fully saturated rings. The molecule has 2 aliphatic rings. The molecule has 3 heterocycles. The summed E-state index contributed by atoms with van der Waals surface area (Å²) in [6, 6.07) is 0. The number of rotatable bonds is 2. The van der Waals surface area contributed by atoms with Crippen molar-refractivity contribution in [3.05, 3.63) is 11.9 Å². The van der Waals surface area contributed by atoms with Crippen LogP contribution in [0.25, 0.3) is 0 Å². The molecule has 0 aliphatic carbocycles. The quantitative estimate of drug-likeness (QED) is 0.832. The molecule has 2 saturated heterocycles. The molecule has 23 heavy (non-hydrogen) atoms. The maximum absolute atomic E-state index is 12.4. The van der Waals surface area contributed by atoms with Crippen molar-refractivity contribution in [2.24, 2.45) is 11.3 Å². The van der Waals surface area contributed by atoms with Gasteiger partial charge in [-0.2, -0.15) is 0 Å². The minimum atomic E-state index is -0.208. The van der Waals surface area contributed by atoms with Crippen molar-refractivity contribution < 1.29 is 19.3 Å². The van der Waals surface area contributed by atoms with E-state index in [2.05, 4.69) is 14.9 Å². The Kier molecular flexibility index (Phi) is 4.34. The molecule has 1 aromatic heterocycles. The Labute approximate surface area is 134 Å². The van der Waals surface area contributed by atoms with Gasteiger partial charge >= 0.3 is 0 Å². The maximum atomic E-state index is 12.4. The third-order valence-electron chi connectivity index (χ3n) is 5.48. The third kappa shape index (κ3) is 2.95. The zero-order valence-electron chi connectivity index (χ0n) is 13.3. The molecule has 8 nitrogen and oxygen atoms in total. The van der Waals surface area contributed by atoms with Crippen LogP contribution in [0.4, 0.5) is 0 Å². The van der Waals surface area contributed by atoms with Crippen molar-refractivity contribution in [2.45, 2.75) is 26.2 Å². The summed E-state index contributed by atoms with van der Waals surface area (Å²) in [5.41, 5.74) is 0.212. The summed E-state index contributed by atoms with van der Waals surface area (Å²) in [5.74, 6) is -0.0820. The number of likely N-dealkylation sites (tertiary alicyclic amines) is 2. The van der Waals surface area contributed by atoms with Crippen molar-refractivity contribution in [1.82, 2.24) is 20.1 Å². The average molecular weight is 322 g/mol. The van der Waals surface area contributed by atoms with E-state index in [-0.39, 0.29) is 35.4 Å². The number of carbonyl (C=O) groups is 2. The standard InChI is InChI=1S/C15H22N4O4/c1-11(21)18-5-2-15(3-6-18)4-7-19(9-12(15)10-20)14(22)13-8-16-23-17-13/h8,12,20H,2-7,9-10H2,1H3/t12-/m1/s1. The molecule has 1 aromatic rings. The van der Waals surface area contributed by atoms with E-state index in [9.17, 15) is 14.7 Å². The summed E-state index contributed by atoms with van der Waals surface area (Å²) in [7, 11) is 0. The summed E-state index contributed by atoms with van der Waals surface area (Å²) in [4.78, 5) is 27.4.